The molecule has 20 heavy (non-hydrogen) atoms. The smallest absolute Gasteiger partial charge is 0.229 e. The van der Waals surface area contributed by atoms with E-state index in [4.69, 9.17) is 4.74 Å². The van der Waals surface area contributed by atoms with E-state index in [1.54, 1.807) is 12.1 Å². The highest BCUT2D eigenvalue weighted by Gasteiger charge is 2.10. The van der Waals surface area contributed by atoms with Crippen molar-refractivity contribution in [1.29, 1.82) is 0 Å². The summed E-state index contributed by atoms with van der Waals surface area (Å²) in [6.45, 7) is 2.01. The molecule has 0 unspecified atom stereocenters. The van der Waals surface area contributed by atoms with Crippen LogP contribution in [0.4, 0.5) is 11.4 Å². The van der Waals surface area contributed by atoms with E-state index >= 15 is 0 Å². The second-order valence-electron chi connectivity index (χ2n) is 4.44. The summed E-state index contributed by atoms with van der Waals surface area (Å²) < 4.78 is 30.0. The number of hydrogen-bond acceptors (Lipinski definition) is 4. The van der Waals surface area contributed by atoms with E-state index in [9.17, 15) is 13.2 Å². The number of ether oxygens (including phenoxy) is 1. The van der Waals surface area contributed by atoms with Crippen LogP contribution in [0.3, 0.4) is 0 Å². The lowest BCUT2D eigenvalue weighted by atomic mass is 10.2. The van der Waals surface area contributed by atoms with E-state index in [1.165, 1.54) is 13.2 Å². The number of carbonyl (C=O) groups excluding carboxylic acids is 1. The van der Waals surface area contributed by atoms with Crippen LogP contribution in [0, 0.1) is 0 Å². The number of sulfonamides is 1. The Kier molecular flexibility index (Phi) is 5.82. The van der Waals surface area contributed by atoms with Crippen LogP contribution in [0.15, 0.2) is 18.2 Å². The van der Waals surface area contributed by atoms with Crippen LogP contribution in [-0.2, 0) is 14.8 Å². The van der Waals surface area contributed by atoms with E-state index in [-0.39, 0.29) is 5.91 Å². The fourth-order valence-corrected chi connectivity index (χ4v) is 2.19. The molecule has 2 N–H and O–H groups in total. The molecule has 1 aromatic rings. The van der Waals surface area contributed by atoms with Crippen molar-refractivity contribution in [3.8, 4) is 5.75 Å². The highest BCUT2D eigenvalue weighted by atomic mass is 32.2. The molecular formula is C13H20N2O4S. The summed E-state index contributed by atoms with van der Waals surface area (Å²) >= 11 is 0. The van der Waals surface area contributed by atoms with Crippen molar-refractivity contribution in [2.45, 2.75) is 26.2 Å². The predicted molar refractivity (Wildman–Crippen MR) is 79.6 cm³/mol. The van der Waals surface area contributed by atoms with E-state index in [0.29, 0.717) is 23.5 Å². The number of carbonyl (C=O) groups is 1. The Labute approximate surface area is 119 Å². The highest BCUT2D eigenvalue weighted by molar-refractivity contribution is 7.92. The molecule has 0 bridgehead atoms. The molecule has 0 saturated heterocycles. The summed E-state index contributed by atoms with van der Waals surface area (Å²) in [7, 11) is -1.97. The lowest BCUT2D eigenvalue weighted by Gasteiger charge is -2.12. The molecule has 0 heterocycles. The van der Waals surface area contributed by atoms with Gasteiger partial charge < -0.3 is 10.1 Å². The van der Waals surface area contributed by atoms with Gasteiger partial charge in [-0.1, -0.05) is 13.3 Å². The zero-order chi connectivity index (χ0) is 15.2. The van der Waals surface area contributed by atoms with Crippen LogP contribution < -0.4 is 14.8 Å². The Hall–Kier alpha value is -1.76. The Balaban J connectivity index is 2.89. The third-order valence-electron chi connectivity index (χ3n) is 2.54. The molecule has 0 aliphatic rings. The van der Waals surface area contributed by atoms with Crippen LogP contribution in [0.5, 0.6) is 5.75 Å². The van der Waals surface area contributed by atoms with Gasteiger partial charge >= 0.3 is 0 Å². The molecule has 0 fully saturated rings. The molecular weight excluding hydrogens is 280 g/mol. The molecule has 0 radical (unpaired) electrons. The molecule has 0 spiro atoms. The van der Waals surface area contributed by atoms with E-state index in [2.05, 4.69) is 10.0 Å². The molecule has 112 valence electrons. The van der Waals surface area contributed by atoms with Crippen molar-refractivity contribution in [3.05, 3.63) is 18.2 Å². The third-order valence-corrected chi connectivity index (χ3v) is 3.13. The van der Waals surface area contributed by atoms with Crippen molar-refractivity contribution in [2.75, 3.05) is 23.4 Å². The maximum Gasteiger partial charge on any atom is 0.229 e. The minimum atomic E-state index is -3.41. The number of anilines is 2. The Morgan fingerprint density at radius 2 is 2.05 bits per heavy atom. The Bertz CT molecular complexity index is 570. The van der Waals surface area contributed by atoms with Gasteiger partial charge in [0, 0.05) is 12.1 Å². The van der Waals surface area contributed by atoms with Crippen molar-refractivity contribution in [1.82, 2.24) is 0 Å². The lowest BCUT2D eigenvalue weighted by molar-refractivity contribution is -0.116. The molecule has 0 aliphatic carbocycles. The zero-order valence-corrected chi connectivity index (χ0v) is 12.7. The van der Waals surface area contributed by atoms with Crippen molar-refractivity contribution in [3.63, 3.8) is 0 Å². The molecule has 1 rings (SSSR count). The third kappa shape index (κ3) is 5.48. The van der Waals surface area contributed by atoms with Gasteiger partial charge in [-0.15, -0.1) is 0 Å². The molecule has 0 saturated carbocycles. The van der Waals surface area contributed by atoms with Crippen LogP contribution in [0.25, 0.3) is 0 Å². The average Bonchev–Trinajstić information content (AvgIpc) is 2.35. The Morgan fingerprint density at radius 1 is 1.35 bits per heavy atom. The second kappa shape index (κ2) is 7.14. The topological polar surface area (TPSA) is 84.5 Å². The number of hydrogen-bond donors (Lipinski definition) is 2. The van der Waals surface area contributed by atoms with Gasteiger partial charge in [0.15, 0.2) is 0 Å². The molecule has 1 aromatic carbocycles. The summed E-state index contributed by atoms with van der Waals surface area (Å²) in [5.41, 5.74) is 0.821. The number of amides is 1. The zero-order valence-electron chi connectivity index (χ0n) is 11.9. The van der Waals surface area contributed by atoms with Crippen LogP contribution in [0.2, 0.25) is 0 Å². The van der Waals surface area contributed by atoms with Gasteiger partial charge in [0.05, 0.1) is 19.1 Å². The van der Waals surface area contributed by atoms with Gasteiger partial charge in [-0.2, -0.15) is 0 Å². The number of nitrogens with one attached hydrogen (secondary N) is 2. The summed E-state index contributed by atoms with van der Waals surface area (Å²) in [5, 5.41) is 2.72. The first-order chi connectivity index (χ1) is 9.35. The summed E-state index contributed by atoms with van der Waals surface area (Å²) in [4.78, 5) is 11.6. The van der Waals surface area contributed by atoms with Gasteiger partial charge in [0.25, 0.3) is 0 Å². The molecule has 6 nitrogen and oxygen atoms in total. The normalized spacial score (nSPS) is 10.9. The maximum absolute atomic E-state index is 11.6. The fraction of sp³-hybridized carbons (Fsp3) is 0.462. The number of methoxy groups -OCH3 is 1. The van der Waals surface area contributed by atoms with E-state index in [1.807, 2.05) is 6.92 Å². The second-order valence-corrected chi connectivity index (χ2v) is 6.19. The number of benzene rings is 1. The van der Waals surface area contributed by atoms with Crippen LogP contribution >= 0.6 is 0 Å². The largest absolute Gasteiger partial charge is 0.495 e. The minimum absolute atomic E-state index is 0.0951. The average molecular weight is 300 g/mol. The monoisotopic (exact) mass is 300 g/mol. The molecule has 0 aromatic heterocycles. The minimum Gasteiger partial charge on any atom is -0.495 e. The molecule has 0 atom stereocenters. The van der Waals surface area contributed by atoms with Crippen LogP contribution in [0.1, 0.15) is 26.2 Å². The van der Waals surface area contributed by atoms with Gasteiger partial charge in [-0.3, -0.25) is 9.52 Å². The van der Waals surface area contributed by atoms with Gasteiger partial charge in [-0.05, 0) is 24.6 Å². The Morgan fingerprint density at radius 3 is 2.60 bits per heavy atom. The van der Waals surface area contributed by atoms with Crippen molar-refractivity contribution in [2.24, 2.45) is 0 Å². The standard InChI is InChI=1S/C13H20N2O4S/c1-4-5-6-13(16)14-10-7-8-12(19-2)11(9-10)15-20(3,17)18/h7-9,15H,4-6H2,1-3H3,(H,14,16). The first kappa shape index (κ1) is 16.3. The molecule has 0 aliphatic heterocycles. The van der Waals surface area contributed by atoms with E-state index in [0.717, 1.165) is 19.1 Å². The maximum atomic E-state index is 11.6. The van der Waals surface area contributed by atoms with Gasteiger partial charge in [0.2, 0.25) is 15.9 Å². The van der Waals surface area contributed by atoms with Crippen molar-refractivity contribution < 1.29 is 17.9 Å². The first-order valence-corrected chi connectivity index (χ1v) is 8.20. The van der Waals surface area contributed by atoms with Crippen LogP contribution in [-0.4, -0.2) is 27.7 Å². The summed E-state index contributed by atoms with van der Waals surface area (Å²) in [6.07, 6.45) is 3.25. The summed E-state index contributed by atoms with van der Waals surface area (Å²) in [5.74, 6) is 0.296. The van der Waals surface area contributed by atoms with Gasteiger partial charge in [0.1, 0.15) is 5.75 Å². The molecule has 1 amide bonds. The lowest BCUT2D eigenvalue weighted by Crippen LogP contribution is -2.13. The number of rotatable bonds is 7. The van der Waals surface area contributed by atoms with Gasteiger partial charge in [-0.25, -0.2) is 8.42 Å². The van der Waals surface area contributed by atoms with Crippen molar-refractivity contribution >= 4 is 27.3 Å². The SMILES string of the molecule is CCCCC(=O)Nc1ccc(OC)c(NS(C)(=O)=O)c1. The highest BCUT2D eigenvalue weighted by Crippen LogP contribution is 2.28. The summed E-state index contributed by atoms with van der Waals surface area (Å²) in [6, 6.07) is 4.79. The first-order valence-electron chi connectivity index (χ1n) is 6.31. The van der Waals surface area contributed by atoms with E-state index < -0.39 is 10.0 Å². The molecule has 7 heteroatoms. The quantitative estimate of drug-likeness (QED) is 0.808. The predicted octanol–water partition coefficient (Wildman–Crippen LogP) is 2.20. The fourth-order valence-electron chi connectivity index (χ4n) is 1.63. The number of unbranched alkanes of at least 4 members (excludes halogenated alkanes) is 1.